The van der Waals surface area contributed by atoms with Crippen molar-refractivity contribution in [2.24, 2.45) is 5.92 Å². The molecule has 0 unspecified atom stereocenters. The summed E-state index contributed by atoms with van der Waals surface area (Å²) in [5.74, 6) is -2.50. The van der Waals surface area contributed by atoms with Gasteiger partial charge in [-0.1, -0.05) is 18.2 Å². The fraction of sp³-hybridized carbons (Fsp3) is 0.391. The third-order valence-electron chi connectivity index (χ3n) is 5.84. The molecule has 2 aromatic rings. The highest BCUT2D eigenvalue weighted by atomic mass is 19.2. The fourth-order valence-corrected chi connectivity index (χ4v) is 4.29. The molecule has 2 aliphatic rings. The van der Waals surface area contributed by atoms with Crippen molar-refractivity contribution in [3.8, 4) is 17.2 Å². The van der Waals surface area contributed by atoms with Crippen LogP contribution < -0.4 is 9.47 Å². The van der Waals surface area contributed by atoms with Crippen molar-refractivity contribution in [2.75, 3.05) is 6.61 Å². The topological polar surface area (TPSA) is 18.5 Å². The third kappa shape index (κ3) is 3.17. The van der Waals surface area contributed by atoms with Gasteiger partial charge in [0.15, 0.2) is 23.1 Å². The van der Waals surface area contributed by atoms with Gasteiger partial charge < -0.3 is 9.47 Å². The van der Waals surface area contributed by atoms with E-state index >= 15 is 4.39 Å². The van der Waals surface area contributed by atoms with E-state index in [1.54, 1.807) is 6.92 Å². The Hall–Kier alpha value is -2.43. The van der Waals surface area contributed by atoms with Crippen LogP contribution in [0.1, 0.15) is 55.2 Å². The smallest absolute Gasteiger partial charge is 0.205 e. The minimum atomic E-state index is -1.14. The second-order valence-electron chi connectivity index (χ2n) is 7.51. The van der Waals surface area contributed by atoms with E-state index in [2.05, 4.69) is 6.58 Å². The zero-order chi connectivity index (χ0) is 19.8. The molecule has 0 atom stereocenters. The molecule has 1 heterocycles. The monoisotopic (exact) mass is 388 g/mol. The molecule has 0 radical (unpaired) electrons. The lowest BCUT2D eigenvalue weighted by molar-refractivity contribution is 0.305. The zero-order valence-electron chi connectivity index (χ0n) is 15.9. The van der Waals surface area contributed by atoms with E-state index in [4.69, 9.17) is 9.47 Å². The summed E-state index contributed by atoms with van der Waals surface area (Å²) in [6.07, 6.45) is 5.95. The molecule has 148 valence electrons. The summed E-state index contributed by atoms with van der Waals surface area (Å²) >= 11 is 0. The van der Waals surface area contributed by atoms with Crippen molar-refractivity contribution >= 4 is 0 Å². The van der Waals surface area contributed by atoms with Crippen LogP contribution in [0.25, 0.3) is 0 Å². The number of hydrogen-bond acceptors (Lipinski definition) is 2. The predicted octanol–water partition coefficient (Wildman–Crippen LogP) is 6.66. The first-order valence-electron chi connectivity index (χ1n) is 9.78. The molecular formula is C23H23F3O2. The first kappa shape index (κ1) is 18.9. The van der Waals surface area contributed by atoms with E-state index in [0.29, 0.717) is 22.6 Å². The molecule has 28 heavy (non-hydrogen) atoms. The highest BCUT2D eigenvalue weighted by Gasteiger charge is 2.31. The maximum Gasteiger partial charge on any atom is 0.205 e. The molecule has 0 N–H and O–H groups in total. The minimum Gasteiger partial charge on any atom is -0.491 e. The molecule has 4 rings (SSSR count). The summed E-state index contributed by atoms with van der Waals surface area (Å²) in [7, 11) is 0. The third-order valence-corrected chi connectivity index (χ3v) is 5.84. The van der Waals surface area contributed by atoms with Crippen LogP contribution in [0.3, 0.4) is 0 Å². The molecule has 1 fully saturated rings. The number of halogens is 3. The fourth-order valence-electron chi connectivity index (χ4n) is 4.29. The van der Waals surface area contributed by atoms with E-state index in [9.17, 15) is 8.78 Å². The Labute approximate surface area is 163 Å². The van der Waals surface area contributed by atoms with Gasteiger partial charge in [0.1, 0.15) is 0 Å². The van der Waals surface area contributed by atoms with Gasteiger partial charge in [-0.3, -0.25) is 0 Å². The Morgan fingerprint density at radius 1 is 1.04 bits per heavy atom. The Morgan fingerprint density at radius 2 is 1.75 bits per heavy atom. The van der Waals surface area contributed by atoms with Gasteiger partial charge in [-0.25, -0.2) is 4.39 Å². The molecular weight excluding hydrogens is 365 g/mol. The number of ether oxygens (including phenoxy) is 2. The predicted molar refractivity (Wildman–Crippen MR) is 102 cm³/mol. The second-order valence-corrected chi connectivity index (χ2v) is 7.51. The summed E-state index contributed by atoms with van der Waals surface area (Å²) in [6.45, 7) is 5.76. The van der Waals surface area contributed by atoms with Crippen LogP contribution in [0.2, 0.25) is 0 Å². The quantitative estimate of drug-likeness (QED) is 0.465. The summed E-state index contributed by atoms with van der Waals surface area (Å²) in [6, 6.07) is 5.07. The van der Waals surface area contributed by atoms with Crippen LogP contribution >= 0.6 is 0 Å². The normalized spacial score (nSPS) is 20.7. The molecule has 0 spiro atoms. The average Bonchev–Trinajstić information content (AvgIpc) is 2.72. The maximum absolute atomic E-state index is 15.3. The number of fused-ring (bicyclic) bond motifs is 2. The Kier molecular flexibility index (Phi) is 5.09. The van der Waals surface area contributed by atoms with E-state index in [0.717, 1.165) is 25.7 Å². The van der Waals surface area contributed by atoms with Crippen molar-refractivity contribution in [3.05, 3.63) is 65.0 Å². The van der Waals surface area contributed by atoms with E-state index < -0.39 is 17.5 Å². The Morgan fingerprint density at radius 3 is 2.43 bits per heavy atom. The molecule has 1 aliphatic carbocycles. The van der Waals surface area contributed by atoms with Gasteiger partial charge in [0.25, 0.3) is 0 Å². The van der Waals surface area contributed by atoms with E-state index in [1.165, 1.54) is 6.07 Å². The molecule has 0 aromatic heterocycles. The molecule has 0 amide bonds. The highest BCUT2D eigenvalue weighted by molar-refractivity contribution is 5.55. The van der Waals surface area contributed by atoms with Crippen molar-refractivity contribution in [1.82, 2.24) is 0 Å². The van der Waals surface area contributed by atoms with Gasteiger partial charge in [0.05, 0.1) is 6.61 Å². The van der Waals surface area contributed by atoms with Gasteiger partial charge in [-0.05, 0) is 56.1 Å². The van der Waals surface area contributed by atoms with Crippen LogP contribution in [0.15, 0.2) is 30.9 Å². The first-order chi connectivity index (χ1) is 13.5. The summed E-state index contributed by atoms with van der Waals surface area (Å²) in [5, 5.41) is 0. The van der Waals surface area contributed by atoms with Gasteiger partial charge in [0, 0.05) is 17.5 Å². The molecule has 1 saturated carbocycles. The number of benzene rings is 2. The molecule has 5 heteroatoms. The second kappa shape index (κ2) is 7.53. The van der Waals surface area contributed by atoms with Gasteiger partial charge in [0.2, 0.25) is 11.6 Å². The van der Waals surface area contributed by atoms with Crippen LogP contribution in [-0.4, -0.2) is 6.61 Å². The SMILES string of the molecule is C=CC1CCC(c2ccc3c(c2F)Oc2c(cc(OCC)c(F)c2F)C3)CC1. The lowest BCUT2D eigenvalue weighted by Crippen LogP contribution is -2.15. The van der Waals surface area contributed by atoms with Crippen molar-refractivity contribution in [1.29, 1.82) is 0 Å². The van der Waals surface area contributed by atoms with Crippen LogP contribution in [0, 0.1) is 23.4 Å². The first-order valence-corrected chi connectivity index (χ1v) is 9.78. The van der Waals surface area contributed by atoms with Crippen molar-refractivity contribution < 1.29 is 22.6 Å². The molecule has 2 nitrogen and oxygen atoms in total. The largest absolute Gasteiger partial charge is 0.491 e. The summed E-state index contributed by atoms with van der Waals surface area (Å²) in [5.41, 5.74) is 1.67. The molecule has 0 bridgehead atoms. The summed E-state index contributed by atoms with van der Waals surface area (Å²) < 4.78 is 54.7. The van der Waals surface area contributed by atoms with Crippen LogP contribution in [0.5, 0.6) is 17.2 Å². The van der Waals surface area contributed by atoms with Crippen LogP contribution in [0.4, 0.5) is 13.2 Å². The van der Waals surface area contributed by atoms with Gasteiger partial charge >= 0.3 is 0 Å². The average molecular weight is 388 g/mol. The molecule has 1 aliphatic heterocycles. The number of rotatable bonds is 4. The Balaban J connectivity index is 1.67. The van der Waals surface area contributed by atoms with Gasteiger partial charge in [-0.2, -0.15) is 8.78 Å². The number of hydrogen-bond donors (Lipinski definition) is 0. The zero-order valence-corrected chi connectivity index (χ0v) is 15.9. The standard InChI is InChI=1S/C23H23F3O2/c1-3-13-5-7-14(8-6-13)17-10-9-15-11-16-12-18(27-4-2)20(25)21(26)23(16)28-22(15)19(17)24/h3,9-10,12-14H,1,4-8,11H2,2H3. The van der Waals surface area contributed by atoms with Crippen molar-refractivity contribution in [3.63, 3.8) is 0 Å². The summed E-state index contributed by atoms with van der Waals surface area (Å²) in [4.78, 5) is 0. The van der Waals surface area contributed by atoms with Crippen molar-refractivity contribution in [2.45, 2.75) is 44.9 Å². The highest BCUT2D eigenvalue weighted by Crippen LogP contribution is 2.46. The van der Waals surface area contributed by atoms with E-state index in [1.807, 2.05) is 18.2 Å². The number of allylic oxidation sites excluding steroid dienone is 1. The molecule has 2 aromatic carbocycles. The lowest BCUT2D eigenvalue weighted by Gasteiger charge is -2.29. The maximum atomic E-state index is 15.3. The minimum absolute atomic E-state index is 0.0123. The molecule has 0 saturated heterocycles. The van der Waals surface area contributed by atoms with Crippen LogP contribution in [-0.2, 0) is 6.42 Å². The van der Waals surface area contributed by atoms with Gasteiger partial charge in [-0.15, -0.1) is 6.58 Å². The Bertz CT molecular complexity index is 915. The van der Waals surface area contributed by atoms with E-state index in [-0.39, 0.29) is 36.2 Å². The lowest BCUT2D eigenvalue weighted by atomic mass is 9.78.